The van der Waals surface area contributed by atoms with Gasteiger partial charge in [-0.05, 0) is 287 Å². The number of esters is 2. The molecule has 0 amide bonds. The molecule has 0 aliphatic heterocycles. The van der Waals surface area contributed by atoms with Crippen LogP contribution in [0.1, 0.15) is 91.9 Å². The van der Waals surface area contributed by atoms with Crippen LogP contribution in [0.15, 0.2) is 72.8 Å². The number of hydrogen-bond acceptors (Lipinski definition) is 8. The Morgan fingerprint density at radius 2 is 0.791 bits per heavy atom. The van der Waals surface area contributed by atoms with Gasteiger partial charge in [-0.25, -0.2) is 9.59 Å². The van der Waals surface area contributed by atoms with Crippen molar-refractivity contribution >= 4 is 102 Å². The minimum Gasteiger partial charge on any atom is -0.481 e. The molecule has 8 aliphatic rings. The van der Waals surface area contributed by atoms with Gasteiger partial charge in [0.15, 0.2) is 20.4 Å². The molecule has 0 saturated heterocycles. The molecule has 0 radical (unpaired) electrons. The lowest BCUT2D eigenvalue weighted by Crippen LogP contribution is -3.61. The first-order chi connectivity index (χ1) is 32.1. The van der Waals surface area contributed by atoms with E-state index < -0.39 is 21.2 Å². The number of rotatable bonds is 16. The predicted octanol–water partition coefficient (Wildman–Crippen LogP) is 11.4. The van der Waals surface area contributed by atoms with E-state index in [1.54, 1.807) is 0 Å². The second-order valence-corrected chi connectivity index (χ2v) is 28.5. The van der Waals surface area contributed by atoms with Crippen LogP contribution in [-0.2, 0) is 19.1 Å². The van der Waals surface area contributed by atoms with Gasteiger partial charge in [0.05, 0.1) is 14.3 Å². The standard InChI is InChI=1S/C54H58I5O8/c1-29(2)53(35-15-31-13-32(17-35)18-36(53)16-31)66-51(60)27-62-47-23-45(57)49(25-43(47)55)64-41-9-5-39(6-10-41)59-40-7-11-42(12-8-40)65-50-26-44(56)48(24-46(50)58)63-28-52(61)67-54(30(3)4)37-19-33-14-34(21-37)22-38(54)20-33/h5-12,23-26,29-38H,13-22,27-28H2,1-4H3/q+1. The molecule has 0 unspecified atom stereocenters. The average molecular weight is 1470 g/mol. The third kappa shape index (κ3) is 10.1. The van der Waals surface area contributed by atoms with Gasteiger partial charge in [0.25, 0.3) is 0 Å². The third-order valence-corrected chi connectivity index (χ3v) is 22.2. The normalized spacial score (nSPS) is 29.9. The molecular weight excluding hydrogens is 1410 g/mol. The highest BCUT2D eigenvalue weighted by Crippen LogP contribution is 2.63. The topological polar surface area (TPSA) is 89.5 Å². The Labute approximate surface area is 460 Å². The van der Waals surface area contributed by atoms with E-state index in [9.17, 15) is 9.59 Å². The summed E-state index contributed by atoms with van der Waals surface area (Å²) in [6.45, 7) is 8.73. The van der Waals surface area contributed by atoms with Crippen LogP contribution in [-0.4, -0.2) is 36.4 Å². The van der Waals surface area contributed by atoms with Crippen LogP contribution in [0.2, 0.25) is 0 Å². The smallest absolute Gasteiger partial charge is 0.357 e. The van der Waals surface area contributed by atoms with Crippen molar-refractivity contribution in [3.05, 3.63) is 94.2 Å². The van der Waals surface area contributed by atoms with Gasteiger partial charge < -0.3 is 28.4 Å². The molecule has 8 bridgehead atoms. The summed E-state index contributed by atoms with van der Waals surface area (Å²) in [5.41, 5.74) is -0.720. The number of carbonyl (C=O) groups is 2. The second kappa shape index (κ2) is 20.3. The van der Waals surface area contributed by atoms with Gasteiger partial charge in [0.1, 0.15) is 45.7 Å². The summed E-state index contributed by atoms with van der Waals surface area (Å²) in [6.07, 6.45) is 12.3. The van der Waals surface area contributed by atoms with E-state index in [1.807, 2.05) is 48.5 Å². The molecule has 67 heavy (non-hydrogen) atoms. The molecule has 0 heterocycles. The molecule has 0 atom stereocenters. The second-order valence-electron chi connectivity index (χ2n) is 20.8. The van der Waals surface area contributed by atoms with Crippen LogP contribution >= 0.6 is 90.4 Å². The first kappa shape index (κ1) is 49.3. The molecule has 4 aromatic carbocycles. The van der Waals surface area contributed by atoms with E-state index in [1.165, 1.54) is 71.3 Å². The van der Waals surface area contributed by atoms with Crippen molar-refractivity contribution < 1.29 is 59.2 Å². The number of halogens is 5. The summed E-state index contributed by atoms with van der Waals surface area (Å²) in [7, 11) is 0. The van der Waals surface area contributed by atoms with Crippen LogP contribution < -0.4 is 40.2 Å². The summed E-state index contributed by atoms with van der Waals surface area (Å²) >= 11 is 8.62. The fraction of sp³-hybridized carbons (Fsp3) is 0.519. The van der Waals surface area contributed by atoms with Crippen molar-refractivity contribution in [2.75, 3.05) is 13.2 Å². The summed E-state index contributed by atoms with van der Waals surface area (Å²) in [6, 6.07) is 24.5. The van der Waals surface area contributed by atoms with Crippen molar-refractivity contribution in [2.24, 2.45) is 59.2 Å². The third-order valence-electron chi connectivity index (χ3n) is 16.2. The van der Waals surface area contributed by atoms with Crippen molar-refractivity contribution in [2.45, 2.75) is 103 Å². The van der Waals surface area contributed by atoms with E-state index in [0.717, 1.165) is 61.0 Å². The Kier molecular flexibility index (Phi) is 14.9. The van der Waals surface area contributed by atoms with Gasteiger partial charge in [0.2, 0.25) is 0 Å². The molecule has 12 rings (SSSR count). The number of benzene rings is 4. The minimum atomic E-state index is -0.429. The fourth-order valence-electron chi connectivity index (χ4n) is 13.9. The van der Waals surface area contributed by atoms with Gasteiger partial charge in [-0.1, -0.05) is 27.7 Å². The molecule has 8 nitrogen and oxygen atoms in total. The van der Waals surface area contributed by atoms with Crippen LogP contribution in [0.5, 0.6) is 34.5 Å². The maximum absolute atomic E-state index is 13.4. The number of ether oxygens (including phenoxy) is 6. The van der Waals surface area contributed by atoms with Crippen LogP contribution in [0, 0.1) is 80.6 Å². The maximum Gasteiger partial charge on any atom is 0.357 e. The van der Waals surface area contributed by atoms with Crippen molar-refractivity contribution in [3.8, 4) is 34.5 Å². The molecule has 4 aromatic rings. The molecule has 8 saturated carbocycles. The van der Waals surface area contributed by atoms with Crippen molar-refractivity contribution in [1.29, 1.82) is 0 Å². The highest BCUT2D eigenvalue weighted by molar-refractivity contribution is 14.1. The first-order valence-corrected chi connectivity index (χ1v) is 30.5. The van der Waals surface area contributed by atoms with Gasteiger partial charge in [0, 0.05) is 0 Å². The molecule has 0 N–H and O–H groups in total. The van der Waals surface area contributed by atoms with E-state index >= 15 is 0 Å². The summed E-state index contributed by atoms with van der Waals surface area (Å²) in [5.74, 6) is 9.50. The lowest BCUT2D eigenvalue weighted by Gasteiger charge is -2.61. The Bertz CT molecular complexity index is 2260. The number of hydrogen-bond donors (Lipinski definition) is 0. The highest BCUT2D eigenvalue weighted by Gasteiger charge is 2.62. The van der Waals surface area contributed by atoms with E-state index in [-0.39, 0.29) is 36.4 Å². The van der Waals surface area contributed by atoms with Crippen LogP contribution in [0.4, 0.5) is 0 Å². The van der Waals surface area contributed by atoms with Crippen molar-refractivity contribution in [1.82, 2.24) is 0 Å². The Hall–Kier alpha value is -1.33. The van der Waals surface area contributed by atoms with E-state index in [0.29, 0.717) is 47.0 Å². The lowest BCUT2D eigenvalue weighted by atomic mass is 9.47. The molecular formula is C54H58I5O8+. The average Bonchev–Trinajstić information content (AvgIpc) is 3.28. The lowest BCUT2D eigenvalue weighted by molar-refractivity contribution is -0.597. The van der Waals surface area contributed by atoms with Gasteiger partial charge in [-0.15, -0.1) is 0 Å². The maximum atomic E-state index is 13.4. The van der Waals surface area contributed by atoms with Gasteiger partial charge >= 0.3 is 33.1 Å². The minimum absolute atomic E-state index is 0.0997. The molecule has 13 heteroatoms. The Morgan fingerprint density at radius 3 is 1.10 bits per heavy atom. The first-order valence-electron chi connectivity index (χ1n) is 24.0. The zero-order chi connectivity index (χ0) is 46.8. The molecule has 8 fully saturated rings. The number of carbonyl (C=O) groups excluding carboxylic acids is 2. The van der Waals surface area contributed by atoms with Crippen LogP contribution in [0.3, 0.4) is 0 Å². The zero-order valence-corrected chi connectivity index (χ0v) is 49.1. The van der Waals surface area contributed by atoms with E-state index in [2.05, 4.69) is 142 Å². The summed E-state index contributed by atoms with van der Waals surface area (Å²) in [4.78, 5) is 26.8. The monoisotopic (exact) mass is 1470 g/mol. The highest BCUT2D eigenvalue weighted by atomic mass is 127. The quantitative estimate of drug-likeness (QED) is 0.0810. The Morgan fingerprint density at radius 1 is 0.493 bits per heavy atom. The molecule has 8 aliphatic carbocycles. The van der Waals surface area contributed by atoms with Crippen LogP contribution in [0.25, 0.3) is 0 Å². The zero-order valence-electron chi connectivity index (χ0n) is 38.3. The van der Waals surface area contributed by atoms with Gasteiger partial charge in [-0.3, -0.25) is 0 Å². The Balaban J connectivity index is 0.697. The summed E-state index contributed by atoms with van der Waals surface area (Å²) in [5, 5.41) is 0. The molecule has 356 valence electrons. The SMILES string of the molecule is CC(C)C1(OC(=O)COc2cc(I)c(Oc3ccc([I+]c4ccc(Oc5cc(I)c(OCC(=O)OC6(C(C)C)C7CC8CC(C7)CC6C8)cc5I)cc4)cc3)cc2I)C2CC3CC(C2)CC1C3. The fourth-order valence-corrected chi connectivity index (χ4v) is 18.4. The van der Waals surface area contributed by atoms with Gasteiger partial charge in [-0.2, -0.15) is 0 Å². The van der Waals surface area contributed by atoms with E-state index in [4.69, 9.17) is 28.4 Å². The molecule has 0 spiro atoms. The van der Waals surface area contributed by atoms with Crippen molar-refractivity contribution in [3.63, 3.8) is 0 Å². The largest absolute Gasteiger partial charge is 0.481 e. The predicted molar refractivity (Wildman–Crippen MR) is 287 cm³/mol. The molecule has 0 aromatic heterocycles. The summed E-state index contributed by atoms with van der Waals surface area (Å²) < 4.78 is 44.0.